The molecule has 32 heavy (non-hydrogen) atoms. The number of nitrogens with zero attached hydrogens (tertiary/aromatic N) is 4. The minimum Gasteiger partial charge on any atom is -0.489 e. The molecule has 0 aliphatic carbocycles. The molecule has 1 heterocycles. The van der Waals surface area contributed by atoms with Gasteiger partial charge in [0, 0.05) is 5.56 Å². The van der Waals surface area contributed by atoms with Gasteiger partial charge in [0.25, 0.3) is 0 Å². The predicted octanol–water partition coefficient (Wildman–Crippen LogP) is 4.10. The van der Waals surface area contributed by atoms with Gasteiger partial charge >= 0.3 is 5.97 Å². The van der Waals surface area contributed by atoms with Crippen molar-refractivity contribution < 1.29 is 19.4 Å². The van der Waals surface area contributed by atoms with Crippen molar-refractivity contribution in [1.29, 1.82) is 0 Å². The van der Waals surface area contributed by atoms with Gasteiger partial charge in [0.1, 0.15) is 12.4 Å². The van der Waals surface area contributed by atoms with Crippen LogP contribution in [0, 0.1) is 0 Å². The van der Waals surface area contributed by atoms with E-state index in [4.69, 9.17) is 9.47 Å². The molecule has 0 fully saturated rings. The highest BCUT2D eigenvalue weighted by Gasteiger charge is 2.11. The lowest BCUT2D eigenvalue weighted by molar-refractivity contribution is -0.144. The van der Waals surface area contributed by atoms with E-state index < -0.39 is 12.1 Å². The summed E-state index contributed by atoms with van der Waals surface area (Å²) >= 11 is 0. The van der Waals surface area contributed by atoms with Gasteiger partial charge in [0.15, 0.2) is 6.54 Å². The molecule has 1 atom stereocenters. The van der Waals surface area contributed by atoms with Gasteiger partial charge in [-0.25, -0.2) is 4.79 Å². The number of aliphatic hydroxyl groups excluding tert-OH is 1. The lowest BCUT2D eigenvalue weighted by atomic mass is 10.0. The smallest absolute Gasteiger partial charge is 0.329 e. The summed E-state index contributed by atoms with van der Waals surface area (Å²) in [5.74, 6) is 0.727. The number of hydrogen-bond donors (Lipinski definition) is 1. The van der Waals surface area contributed by atoms with Crippen LogP contribution < -0.4 is 4.74 Å². The van der Waals surface area contributed by atoms with Crippen molar-refractivity contribution in [2.75, 3.05) is 6.61 Å². The van der Waals surface area contributed by atoms with Crippen LogP contribution in [0.3, 0.4) is 0 Å². The van der Waals surface area contributed by atoms with E-state index in [1.165, 1.54) is 4.80 Å². The molecule has 1 aromatic heterocycles. The number of aromatic nitrogens is 4. The van der Waals surface area contributed by atoms with Crippen molar-refractivity contribution in [2.45, 2.75) is 58.8 Å². The molecule has 0 aliphatic rings. The fourth-order valence-electron chi connectivity index (χ4n) is 3.28. The molecule has 8 nitrogen and oxygen atoms in total. The summed E-state index contributed by atoms with van der Waals surface area (Å²) in [6.07, 6.45) is 3.54. The van der Waals surface area contributed by atoms with Gasteiger partial charge in [-0.2, -0.15) is 4.80 Å². The fourth-order valence-corrected chi connectivity index (χ4v) is 3.28. The van der Waals surface area contributed by atoms with Crippen molar-refractivity contribution >= 4 is 5.97 Å². The van der Waals surface area contributed by atoms with Gasteiger partial charge in [-0.05, 0) is 47.9 Å². The second-order valence-electron chi connectivity index (χ2n) is 7.52. The van der Waals surface area contributed by atoms with Crippen LogP contribution in [0.5, 0.6) is 5.75 Å². The van der Waals surface area contributed by atoms with Gasteiger partial charge in [0.05, 0.1) is 12.7 Å². The Bertz CT molecular complexity index is 1000. The lowest BCUT2D eigenvalue weighted by Crippen LogP contribution is -2.15. The van der Waals surface area contributed by atoms with Gasteiger partial charge in [-0.1, -0.05) is 56.5 Å². The van der Waals surface area contributed by atoms with Crippen LogP contribution in [0.25, 0.3) is 11.4 Å². The van der Waals surface area contributed by atoms with Crippen LogP contribution in [0.15, 0.2) is 48.5 Å². The molecule has 170 valence electrons. The number of unbranched alkanes of at least 4 members (excludes halogenated alkanes) is 2. The number of rotatable bonds is 12. The van der Waals surface area contributed by atoms with Gasteiger partial charge in [-0.15, -0.1) is 10.2 Å². The summed E-state index contributed by atoms with van der Waals surface area (Å²) in [5.41, 5.74) is 2.59. The average Bonchev–Trinajstić information content (AvgIpc) is 3.27. The molecule has 3 aromatic rings. The maximum atomic E-state index is 11.6. The van der Waals surface area contributed by atoms with E-state index >= 15 is 0 Å². The SMILES string of the molecule is CCCCCC(O)c1cccc(OCc2cccc(-c3nnn(CC(=O)OCC)n3)c2)c1. The van der Waals surface area contributed by atoms with Crippen LogP contribution in [0.4, 0.5) is 0 Å². The molecule has 0 saturated heterocycles. The third-order valence-electron chi connectivity index (χ3n) is 4.94. The summed E-state index contributed by atoms with van der Waals surface area (Å²) in [5, 5.41) is 22.6. The number of esters is 1. The Morgan fingerprint density at radius 3 is 2.78 bits per heavy atom. The maximum Gasteiger partial charge on any atom is 0.329 e. The second-order valence-corrected chi connectivity index (χ2v) is 7.52. The molecule has 0 bridgehead atoms. The van der Waals surface area contributed by atoms with Crippen molar-refractivity contribution in [2.24, 2.45) is 0 Å². The minimum absolute atomic E-state index is 0.0791. The van der Waals surface area contributed by atoms with Crippen LogP contribution in [0.1, 0.15) is 56.8 Å². The maximum absolute atomic E-state index is 11.6. The zero-order valence-corrected chi connectivity index (χ0v) is 18.6. The molecule has 0 aliphatic heterocycles. The zero-order chi connectivity index (χ0) is 22.8. The van der Waals surface area contributed by atoms with E-state index in [9.17, 15) is 9.90 Å². The van der Waals surface area contributed by atoms with Crippen LogP contribution in [-0.4, -0.2) is 37.9 Å². The van der Waals surface area contributed by atoms with Crippen LogP contribution >= 0.6 is 0 Å². The van der Waals surface area contributed by atoms with E-state index in [1.807, 2.05) is 48.5 Å². The van der Waals surface area contributed by atoms with Crippen molar-refractivity contribution in [3.05, 3.63) is 59.7 Å². The standard InChI is InChI=1S/C24H30N4O4/c1-3-5-6-13-22(29)19-10-8-12-21(15-19)32-17-18-9-7-11-20(14-18)24-25-27-28(26-24)16-23(30)31-4-2/h7-12,14-15,22,29H,3-6,13,16-17H2,1-2H3. The van der Waals surface area contributed by atoms with Crippen molar-refractivity contribution in [1.82, 2.24) is 20.2 Å². The highest BCUT2D eigenvalue weighted by molar-refractivity contribution is 5.68. The number of carbonyl (C=O) groups excluding carboxylic acids is 1. The molecule has 0 radical (unpaired) electrons. The van der Waals surface area contributed by atoms with E-state index in [0.717, 1.165) is 42.4 Å². The fraction of sp³-hybridized carbons (Fsp3) is 0.417. The monoisotopic (exact) mass is 438 g/mol. The summed E-state index contributed by atoms with van der Waals surface area (Å²) in [4.78, 5) is 12.8. The van der Waals surface area contributed by atoms with Crippen molar-refractivity contribution in [3.8, 4) is 17.1 Å². The molecule has 0 amide bonds. The highest BCUT2D eigenvalue weighted by atomic mass is 16.5. The van der Waals surface area contributed by atoms with Crippen LogP contribution in [-0.2, 0) is 22.7 Å². The minimum atomic E-state index is -0.475. The lowest BCUT2D eigenvalue weighted by Gasteiger charge is -2.13. The topological polar surface area (TPSA) is 99.4 Å². The first-order valence-electron chi connectivity index (χ1n) is 11.0. The first-order chi connectivity index (χ1) is 15.6. The van der Waals surface area contributed by atoms with Crippen molar-refractivity contribution in [3.63, 3.8) is 0 Å². The Kier molecular flexibility index (Phi) is 8.74. The normalized spacial score (nSPS) is 11.8. The number of tetrazole rings is 1. The predicted molar refractivity (Wildman–Crippen MR) is 120 cm³/mol. The number of aliphatic hydroxyl groups is 1. The Morgan fingerprint density at radius 2 is 1.97 bits per heavy atom. The first kappa shape index (κ1) is 23.4. The van der Waals surface area contributed by atoms with Gasteiger partial charge in [-0.3, -0.25) is 0 Å². The quantitative estimate of drug-likeness (QED) is 0.336. The molecule has 1 N–H and O–H groups in total. The highest BCUT2D eigenvalue weighted by Crippen LogP contribution is 2.24. The summed E-state index contributed by atoms with van der Waals surface area (Å²) in [6, 6.07) is 15.3. The molecule has 8 heteroatoms. The molecule has 3 rings (SSSR count). The molecule has 0 spiro atoms. The first-order valence-corrected chi connectivity index (χ1v) is 11.0. The third kappa shape index (κ3) is 6.88. The van der Waals surface area contributed by atoms with Gasteiger partial charge in [0.2, 0.25) is 5.82 Å². The number of benzene rings is 2. The Balaban J connectivity index is 1.60. The number of ether oxygens (including phenoxy) is 2. The number of hydrogen-bond acceptors (Lipinski definition) is 7. The third-order valence-corrected chi connectivity index (χ3v) is 4.94. The number of carbonyl (C=O) groups is 1. The van der Waals surface area contributed by atoms with E-state index in [0.29, 0.717) is 24.8 Å². The molecular weight excluding hydrogens is 408 g/mol. The Morgan fingerprint density at radius 1 is 1.12 bits per heavy atom. The van der Waals surface area contributed by atoms with E-state index in [2.05, 4.69) is 22.3 Å². The van der Waals surface area contributed by atoms with E-state index in [1.54, 1.807) is 6.92 Å². The largest absolute Gasteiger partial charge is 0.489 e. The molecule has 1 unspecified atom stereocenters. The molecular formula is C24H30N4O4. The summed E-state index contributed by atoms with van der Waals surface area (Å²) in [6.45, 7) is 4.49. The summed E-state index contributed by atoms with van der Waals surface area (Å²) < 4.78 is 10.9. The Hall–Kier alpha value is -3.26. The summed E-state index contributed by atoms with van der Waals surface area (Å²) in [7, 11) is 0. The molecule has 0 saturated carbocycles. The zero-order valence-electron chi connectivity index (χ0n) is 18.6. The molecule has 2 aromatic carbocycles. The van der Waals surface area contributed by atoms with Crippen LogP contribution in [0.2, 0.25) is 0 Å². The average molecular weight is 439 g/mol. The van der Waals surface area contributed by atoms with Gasteiger partial charge < -0.3 is 14.6 Å². The Labute approximate surface area is 188 Å². The van der Waals surface area contributed by atoms with E-state index in [-0.39, 0.29) is 6.54 Å². The second kappa shape index (κ2) is 12.0.